The van der Waals surface area contributed by atoms with Crippen molar-refractivity contribution in [2.24, 2.45) is 4.99 Å². The third kappa shape index (κ3) is 4.09. The fourth-order valence-corrected chi connectivity index (χ4v) is 4.95. The van der Waals surface area contributed by atoms with Gasteiger partial charge in [-0.3, -0.25) is 9.36 Å². The summed E-state index contributed by atoms with van der Waals surface area (Å²) in [7, 11) is 3.12. The Morgan fingerprint density at radius 2 is 1.88 bits per heavy atom. The Balaban J connectivity index is 1.96. The fraction of sp³-hybridized carbons (Fsp3) is 0.240. The molecule has 0 fully saturated rings. The SMILES string of the molecule is CCOC(=O)C1=C(C)N=c2s/c(=C\c3cccc(OC)c3OC)c(=O)n2[C@H]1c1ccccc1. The van der Waals surface area contributed by atoms with Gasteiger partial charge in [-0.25, -0.2) is 9.79 Å². The molecule has 0 bridgehead atoms. The van der Waals surface area contributed by atoms with Crippen LogP contribution in [0.5, 0.6) is 11.5 Å². The number of rotatable bonds is 6. The lowest BCUT2D eigenvalue weighted by atomic mass is 9.96. The minimum absolute atomic E-state index is 0.233. The van der Waals surface area contributed by atoms with E-state index in [1.54, 1.807) is 44.8 Å². The smallest absolute Gasteiger partial charge is 0.338 e. The predicted octanol–water partition coefficient (Wildman–Crippen LogP) is 2.82. The number of thiazole rings is 1. The first-order chi connectivity index (χ1) is 16.0. The number of benzene rings is 2. The van der Waals surface area contributed by atoms with Crippen molar-refractivity contribution in [3.05, 3.63) is 90.6 Å². The zero-order chi connectivity index (χ0) is 23.5. The predicted molar refractivity (Wildman–Crippen MR) is 126 cm³/mol. The van der Waals surface area contributed by atoms with Gasteiger partial charge in [0.25, 0.3) is 5.56 Å². The van der Waals surface area contributed by atoms with Crippen LogP contribution in [0.3, 0.4) is 0 Å². The molecule has 0 amide bonds. The number of ether oxygens (including phenoxy) is 3. The molecular formula is C25H24N2O5S. The molecule has 1 aliphatic rings. The summed E-state index contributed by atoms with van der Waals surface area (Å²) in [4.78, 5) is 31.6. The molecule has 3 aromatic rings. The first-order valence-corrected chi connectivity index (χ1v) is 11.3. The van der Waals surface area contributed by atoms with Gasteiger partial charge in [-0.1, -0.05) is 53.8 Å². The summed E-state index contributed by atoms with van der Waals surface area (Å²) in [6.45, 7) is 3.75. The molecule has 1 aromatic heterocycles. The second-order valence-corrected chi connectivity index (χ2v) is 8.30. The van der Waals surface area contributed by atoms with Crippen molar-refractivity contribution in [2.45, 2.75) is 19.9 Å². The second-order valence-electron chi connectivity index (χ2n) is 7.30. The van der Waals surface area contributed by atoms with Crippen molar-refractivity contribution < 1.29 is 19.0 Å². The molecular weight excluding hydrogens is 440 g/mol. The molecule has 7 nitrogen and oxygen atoms in total. The first-order valence-electron chi connectivity index (χ1n) is 10.5. The van der Waals surface area contributed by atoms with Gasteiger partial charge in [0.2, 0.25) is 0 Å². The van der Waals surface area contributed by atoms with Crippen molar-refractivity contribution in [3.63, 3.8) is 0 Å². The lowest BCUT2D eigenvalue weighted by molar-refractivity contribution is -0.139. The Morgan fingerprint density at radius 3 is 2.55 bits per heavy atom. The third-order valence-electron chi connectivity index (χ3n) is 5.35. The van der Waals surface area contributed by atoms with Gasteiger partial charge in [0.15, 0.2) is 16.3 Å². The highest BCUT2D eigenvalue weighted by molar-refractivity contribution is 7.07. The van der Waals surface area contributed by atoms with Gasteiger partial charge >= 0.3 is 5.97 Å². The van der Waals surface area contributed by atoms with Crippen LogP contribution in [-0.2, 0) is 9.53 Å². The molecule has 33 heavy (non-hydrogen) atoms. The van der Waals surface area contributed by atoms with Crippen LogP contribution in [0.1, 0.15) is 31.0 Å². The number of fused-ring (bicyclic) bond motifs is 1. The lowest BCUT2D eigenvalue weighted by Crippen LogP contribution is -2.39. The van der Waals surface area contributed by atoms with Gasteiger partial charge < -0.3 is 14.2 Å². The van der Waals surface area contributed by atoms with E-state index in [1.807, 2.05) is 42.5 Å². The van der Waals surface area contributed by atoms with Crippen LogP contribution in [0.15, 0.2) is 69.6 Å². The van der Waals surface area contributed by atoms with E-state index in [-0.39, 0.29) is 12.2 Å². The van der Waals surface area contributed by atoms with E-state index in [0.717, 1.165) is 5.56 Å². The van der Waals surface area contributed by atoms with E-state index in [2.05, 4.69) is 4.99 Å². The van der Waals surface area contributed by atoms with Crippen LogP contribution in [0.25, 0.3) is 6.08 Å². The van der Waals surface area contributed by atoms with Gasteiger partial charge in [0.1, 0.15) is 0 Å². The Hall–Kier alpha value is -3.65. The highest BCUT2D eigenvalue weighted by Gasteiger charge is 2.33. The average Bonchev–Trinajstić information content (AvgIpc) is 3.13. The summed E-state index contributed by atoms with van der Waals surface area (Å²) in [6.07, 6.45) is 1.76. The van der Waals surface area contributed by atoms with Crippen molar-refractivity contribution in [1.29, 1.82) is 0 Å². The largest absolute Gasteiger partial charge is 0.493 e. The van der Waals surface area contributed by atoms with E-state index >= 15 is 0 Å². The number of methoxy groups -OCH3 is 2. The maximum Gasteiger partial charge on any atom is 0.338 e. The molecule has 0 saturated carbocycles. The van der Waals surface area contributed by atoms with Crippen LogP contribution in [0, 0.1) is 0 Å². The summed E-state index contributed by atoms with van der Waals surface area (Å²) >= 11 is 1.26. The Labute approximate surface area is 194 Å². The van der Waals surface area contributed by atoms with Gasteiger partial charge in [0, 0.05) is 5.56 Å². The minimum Gasteiger partial charge on any atom is -0.493 e. The van der Waals surface area contributed by atoms with Crippen LogP contribution in [0.2, 0.25) is 0 Å². The number of aromatic nitrogens is 1. The number of para-hydroxylation sites is 1. The summed E-state index contributed by atoms with van der Waals surface area (Å²) in [5, 5.41) is 0. The molecule has 1 aliphatic heterocycles. The van der Waals surface area contributed by atoms with Crippen LogP contribution in [0.4, 0.5) is 0 Å². The van der Waals surface area contributed by atoms with E-state index in [4.69, 9.17) is 14.2 Å². The summed E-state index contributed by atoms with van der Waals surface area (Å²) in [5.41, 5.74) is 2.17. The average molecular weight is 465 g/mol. The number of nitrogens with zero attached hydrogens (tertiary/aromatic N) is 2. The number of hydrogen-bond donors (Lipinski definition) is 0. The monoisotopic (exact) mass is 464 g/mol. The van der Waals surface area contributed by atoms with Crippen molar-refractivity contribution in [1.82, 2.24) is 4.57 Å². The highest BCUT2D eigenvalue weighted by Crippen LogP contribution is 2.32. The highest BCUT2D eigenvalue weighted by atomic mass is 32.1. The standard InChI is InChI=1S/C25H24N2O5S/c1-5-32-24(29)20-15(2)26-25-27(21(20)16-10-7-6-8-11-16)23(28)19(33-25)14-17-12-9-13-18(30-3)22(17)31-4/h6-14,21H,5H2,1-4H3/b19-14-/t21-/m0/s1. The first kappa shape index (κ1) is 22.5. The topological polar surface area (TPSA) is 79.1 Å². The quantitative estimate of drug-likeness (QED) is 0.524. The minimum atomic E-state index is -0.629. The summed E-state index contributed by atoms with van der Waals surface area (Å²) < 4.78 is 18.2. The zero-order valence-electron chi connectivity index (χ0n) is 18.8. The number of esters is 1. The van der Waals surface area contributed by atoms with E-state index in [9.17, 15) is 9.59 Å². The van der Waals surface area contributed by atoms with Gasteiger partial charge in [-0.05, 0) is 31.6 Å². The molecule has 1 atom stereocenters. The molecule has 2 heterocycles. The number of allylic oxidation sites excluding steroid dienone is 1. The maximum atomic E-state index is 13.6. The molecule has 170 valence electrons. The van der Waals surface area contributed by atoms with Crippen LogP contribution < -0.4 is 24.4 Å². The lowest BCUT2D eigenvalue weighted by Gasteiger charge is -2.24. The van der Waals surface area contributed by atoms with Gasteiger partial charge in [-0.2, -0.15) is 0 Å². The second kappa shape index (κ2) is 9.46. The number of carbonyl (C=O) groups is 1. The molecule has 0 spiro atoms. The van der Waals surface area contributed by atoms with E-state index in [0.29, 0.717) is 37.7 Å². The molecule has 8 heteroatoms. The van der Waals surface area contributed by atoms with Crippen LogP contribution >= 0.6 is 11.3 Å². The molecule has 4 rings (SSSR count). The normalized spacial score (nSPS) is 15.6. The number of carbonyl (C=O) groups excluding carboxylic acids is 1. The van der Waals surface area contributed by atoms with E-state index in [1.165, 1.54) is 11.3 Å². The van der Waals surface area contributed by atoms with Gasteiger partial charge in [0.05, 0.1) is 42.7 Å². The summed E-state index contributed by atoms with van der Waals surface area (Å²) in [5.74, 6) is 0.631. The fourth-order valence-electron chi connectivity index (χ4n) is 3.91. The Kier molecular flexibility index (Phi) is 6.46. The molecule has 2 aromatic carbocycles. The zero-order valence-corrected chi connectivity index (χ0v) is 19.6. The molecule has 0 N–H and O–H groups in total. The van der Waals surface area contributed by atoms with Crippen molar-refractivity contribution in [3.8, 4) is 11.5 Å². The number of hydrogen-bond acceptors (Lipinski definition) is 7. The Morgan fingerprint density at radius 1 is 1.12 bits per heavy atom. The van der Waals surface area contributed by atoms with E-state index < -0.39 is 12.0 Å². The van der Waals surface area contributed by atoms with Gasteiger partial charge in [-0.15, -0.1) is 0 Å². The van der Waals surface area contributed by atoms with Crippen molar-refractivity contribution >= 4 is 23.4 Å². The Bertz CT molecular complexity index is 1400. The third-order valence-corrected chi connectivity index (χ3v) is 6.34. The molecule has 0 radical (unpaired) electrons. The summed E-state index contributed by atoms with van der Waals surface area (Å²) in [6, 6.07) is 14.3. The maximum absolute atomic E-state index is 13.6. The molecule has 0 aliphatic carbocycles. The van der Waals surface area contributed by atoms with Crippen molar-refractivity contribution in [2.75, 3.05) is 20.8 Å². The molecule has 0 unspecified atom stereocenters. The van der Waals surface area contributed by atoms with Crippen LogP contribution in [-0.4, -0.2) is 31.4 Å². The molecule has 0 saturated heterocycles.